The molecule has 0 aromatic heterocycles. The molecule has 2 N–H and O–H groups in total. The summed E-state index contributed by atoms with van der Waals surface area (Å²) in [6.45, 7) is 1.73. The Morgan fingerprint density at radius 3 is 3.11 bits per heavy atom. The van der Waals surface area contributed by atoms with Crippen LogP contribution in [0.4, 0.5) is 0 Å². The molecule has 0 saturated carbocycles. The van der Waals surface area contributed by atoms with Crippen molar-refractivity contribution in [1.82, 2.24) is 0 Å². The van der Waals surface area contributed by atoms with Gasteiger partial charge in [-0.2, -0.15) is 0 Å². The van der Waals surface area contributed by atoms with E-state index in [0.29, 0.717) is 26.2 Å². The molecule has 0 radical (unpaired) electrons. The first-order valence-electron chi connectivity index (χ1n) is 6.32. The van der Waals surface area contributed by atoms with Gasteiger partial charge in [0.2, 0.25) is 0 Å². The predicted octanol–water partition coefficient (Wildman–Crippen LogP) is 1.49. The zero-order valence-electron chi connectivity index (χ0n) is 10.4. The van der Waals surface area contributed by atoms with Crippen molar-refractivity contribution >= 4 is 5.78 Å². The minimum absolute atomic E-state index is 0.130. The van der Waals surface area contributed by atoms with Gasteiger partial charge in [-0.25, -0.2) is 0 Å². The maximum Gasteiger partial charge on any atom is 0.159 e. The van der Waals surface area contributed by atoms with E-state index < -0.39 is 0 Å². The van der Waals surface area contributed by atoms with Crippen molar-refractivity contribution in [2.45, 2.75) is 18.8 Å². The molecule has 0 fully saturated rings. The van der Waals surface area contributed by atoms with Gasteiger partial charge >= 0.3 is 0 Å². The summed E-state index contributed by atoms with van der Waals surface area (Å²) in [5.74, 6) is 1.29. The van der Waals surface area contributed by atoms with Crippen LogP contribution in [0.25, 0.3) is 0 Å². The first-order chi connectivity index (χ1) is 8.81. The number of benzene rings is 1. The molecule has 0 aliphatic carbocycles. The zero-order chi connectivity index (χ0) is 12.8. The fraction of sp³-hybridized carbons (Fsp3) is 0.500. The van der Waals surface area contributed by atoms with Crippen molar-refractivity contribution in [3.8, 4) is 5.75 Å². The number of Topliss-reactive ketones (excluding diaryl/α,β-unsaturated/α-hetero) is 1. The zero-order valence-corrected chi connectivity index (χ0v) is 10.4. The first kappa shape index (κ1) is 13.1. The van der Waals surface area contributed by atoms with E-state index in [1.165, 1.54) is 0 Å². The second-order valence-electron chi connectivity index (χ2n) is 4.46. The molecule has 1 aromatic rings. The lowest BCUT2D eigenvalue weighted by molar-refractivity contribution is -0.124. The van der Waals surface area contributed by atoms with Crippen molar-refractivity contribution < 1.29 is 14.3 Å². The number of hydrogen-bond acceptors (Lipinski definition) is 4. The van der Waals surface area contributed by atoms with Crippen LogP contribution in [0, 0.1) is 0 Å². The summed E-state index contributed by atoms with van der Waals surface area (Å²) in [4.78, 5) is 11.8. The van der Waals surface area contributed by atoms with Crippen molar-refractivity contribution in [1.29, 1.82) is 0 Å². The third kappa shape index (κ3) is 3.31. The fourth-order valence-corrected chi connectivity index (χ4v) is 2.23. The quantitative estimate of drug-likeness (QED) is 0.776. The summed E-state index contributed by atoms with van der Waals surface area (Å²) >= 11 is 0. The van der Waals surface area contributed by atoms with E-state index in [0.717, 1.165) is 17.7 Å². The van der Waals surface area contributed by atoms with Crippen LogP contribution < -0.4 is 10.5 Å². The standard InChI is InChI=1S/C14H19NO3/c15-6-8-17-10-12(16)9-11-5-7-18-14-4-2-1-3-13(11)14/h1-4,11H,5-10,15H2. The van der Waals surface area contributed by atoms with Gasteiger partial charge in [0.05, 0.1) is 13.2 Å². The molecule has 0 saturated heterocycles. The second kappa shape index (κ2) is 6.52. The minimum atomic E-state index is 0.130. The number of nitrogens with two attached hydrogens (primary N) is 1. The van der Waals surface area contributed by atoms with E-state index in [1.54, 1.807) is 0 Å². The number of carbonyl (C=O) groups is 1. The van der Waals surface area contributed by atoms with Crippen molar-refractivity contribution in [3.63, 3.8) is 0 Å². The Balaban J connectivity index is 1.92. The summed E-state index contributed by atoms with van der Waals surface area (Å²) in [5.41, 5.74) is 6.44. The Kier molecular flexibility index (Phi) is 4.73. The fourth-order valence-electron chi connectivity index (χ4n) is 2.23. The Morgan fingerprint density at radius 1 is 1.44 bits per heavy atom. The number of fused-ring (bicyclic) bond motifs is 1. The molecule has 1 aliphatic rings. The van der Waals surface area contributed by atoms with Gasteiger partial charge < -0.3 is 15.2 Å². The lowest BCUT2D eigenvalue weighted by Crippen LogP contribution is -2.20. The van der Waals surface area contributed by atoms with Gasteiger partial charge in [0.15, 0.2) is 5.78 Å². The molecular formula is C14H19NO3. The number of hydrogen-bond donors (Lipinski definition) is 1. The Morgan fingerprint density at radius 2 is 2.28 bits per heavy atom. The van der Waals surface area contributed by atoms with Gasteiger partial charge in [-0.1, -0.05) is 18.2 Å². The van der Waals surface area contributed by atoms with Crippen LogP contribution in [0.1, 0.15) is 24.3 Å². The molecule has 2 rings (SSSR count). The topological polar surface area (TPSA) is 61.5 Å². The first-order valence-corrected chi connectivity index (χ1v) is 6.32. The van der Waals surface area contributed by atoms with E-state index in [4.69, 9.17) is 15.2 Å². The van der Waals surface area contributed by atoms with Gasteiger partial charge in [0, 0.05) is 13.0 Å². The molecule has 1 atom stereocenters. The molecule has 0 spiro atoms. The molecule has 4 nitrogen and oxygen atoms in total. The smallest absolute Gasteiger partial charge is 0.159 e. The third-order valence-corrected chi connectivity index (χ3v) is 3.08. The highest BCUT2D eigenvalue weighted by Gasteiger charge is 2.23. The van der Waals surface area contributed by atoms with Gasteiger partial charge in [0.25, 0.3) is 0 Å². The average molecular weight is 249 g/mol. The van der Waals surface area contributed by atoms with Crippen LogP contribution in [-0.2, 0) is 9.53 Å². The molecular weight excluding hydrogens is 230 g/mol. The maximum absolute atomic E-state index is 11.8. The van der Waals surface area contributed by atoms with Crippen LogP contribution in [-0.4, -0.2) is 32.1 Å². The third-order valence-electron chi connectivity index (χ3n) is 3.08. The lowest BCUT2D eigenvalue weighted by atomic mass is 9.89. The van der Waals surface area contributed by atoms with Crippen LogP contribution in [0.3, 0.4) is 0 Å². The highest BCUT2D eigenvalue weighted by atomic mass is 16.5. The number of para-hydroxylation sites is 1. The van der Waals surface area contributed by atoms with Gasteiger partial charge in [0.1, 0.15) is 12.4 Å². The van der Waals surface area contributed by atoms with Crippen LogP contribution in [0.15, 0.2) is 24.3 Å². The van der Waals surface area contributed by atoms with Gasteiger partial charge in [-0.05, 0) is 24.0 Å². The Hall–Kier alpha value is -1.39. The normalized spacial score (nSPS) is 17.9. The average Bonchev–Trinajstić information content (AvgIpc) is 2.39. The SMILES string of the molecule is NCCOCC(=O)CC1CCOc2ccccc21. The van der Waals surface area contributed by atoms with Crippen LogP contribution in [0.5, 0.6) is 5.75 Å². The summed E-state index contributed by atoms with van der Waals surface area (Å²) in [7, 11) is 0. The molecule has 1 aliphatic heterocycles. The molecule has 18 heavy (non-hydrogen) atoms. The van der Waals surface area contributed by atoms with E-state index in [1.807, 2.05) is 24.3 Å². The highest BCUT2D eigenvalue weighted by Crippen LogP contribution is 2.35. The second-order valence-corrected chi connectivity index (χ2v) is 4.46. The van der Waals surface area contributed by atoms with Crippen LogP contribution in [0.2, 0.25) is 0 Å². The van der Waals surface area contributed by atoms with Crippen molar-refractivity contribution in [2.75, 3.05) is 26.4 Å². The lowest BCUT2D eigenvalue weighted by Gasteiger charge is -2.25. The van der Waals surface area contributed by atoms with Crippen molar-refractivity contribution in [3.05, 3.63) is 29.8 Å². The highest BCUT2D eigenvalue weighted by molar-refractivity contribution is 5.80. The molecule has 1 unspecified atom stereocenters. The molecule has 0 bridgehead atoms. The van der Waals surface area contributed by atoms with Gasteiger partial charge in [-0.15, -0.1) is 0 Å². The van der Waals surface area contributed by atoms with Crippen LogP contribution >= 0.6 is 0 Å². The molecule has 0 amide bonds. The molecule has 1 heterocycles. The molecule has 1 aromatic carbocycles. The monoisotopic (exact) mass is 249 g/mol. The van der Waals surface area contributed by atoms with E-state index in [9.17, 15) is 4.79 Å². The summed E-state index contributed by atoms with van der Waals surface area (Å²) in [6.07, 6.45) is 1.41. The van der Waals surface area contributed by atoms with E-state index in [-0.39, 0.29) is 18.3 Å². The number of rotatable bonds is 6. The molecule has 4 heteroatoms. The summed E-state index contributed by atoms with van der Waals surface area (Å²) in [5, 5.41) is 0. The summed E-state index contributed by atoms with van der Waals surface area (Å²) < 4.78 is 10.7. The molecule has 98 valence electrons. The number of ether oxygens (including phenoxy) is 2. The van der Waals surface area contributed by atoms with Gasteiger partial charge in [-0.3, -0.25) is 4.79 Å². The minimum Gasteiger partial charge on any atom is -0.493 e. The Labute approximate surface area is 107 Å². The number of ketones is 1. The maximum atomic E-state index is 11.8. The Bertz CT molecular complexity index is 406. The number of carbonyl (C=O) groups excluding carboxylic acids is 1. The van der Waals surface area contributed by atoms with E-state index >= 15 is 0 Å². The predicted molar refractivity (Wildman–Crippen MR) is 68.8 cm³/mol. The van der Waals surface area contributed by atoms with E-state index in [2.05, 4.69) is 0 Å². The van der Waals surface area contributed by atoms with Crippen molar-refractivity contribution in [2.24, 2.45) is 5.73 Å². The summed E-state index contributed by atoms with van der Waals surface area (Å²) in [6, 6.07) is 7.92. The largest absolute Gasteiger partial charge is 0.493 e.